The van der Waals surface area contributed by atoms with Crippen LogP contribution in [0, 0.1) is 11.8 Å². The fraction of sp³-hybridized carbons (Fsp3) is 0.333. The molecule has 1 rings (SSSR count). The molecule has 1 nitrogen and oxygen atoms in total. The average Bonchev–Trinajstić information content (AvgIpc) is 2.46. The van der Waals surface area contributed by atoms with E-state index in [9.17, 15) is 0 Å². The summed E-state index contributed by atoms with van der Waals surface area (Å²) in [5.74, 6) is 5.82. The summed E-state index contributed by atoms with van der Waals surface area (Å²) in [5.41, 5.74) is 1.01. The highest BCUT2D eigenvalue weighted by molar-refractivity contribution is 7.15. The molecule has 12 heavy (non-hydrogen) atoms. The Hall–Kier alpha value is -0.650. The monoisotopic (exact) mass is 199 g/mol. The summed E-state index contributed by atoms with van der Waals surface area (Å²) in [6.07, 6.45) is 0.864. The van der Waals surface area contributed by atoms with E-state index in [2.05, 4.69) is 17.2 Å². The molecule has 3 heteroatoms. The van der Waals surface area contributed by atoms with Crippen LogP contribution in [0.25, 0.3) is 0 Å². The minimum absolute atomic E-state index is 0.819. The molecule has 0 atom stereocenters. The van der Waals surface area contributed by atoms with Crippen LogP contribution in [0.5, 0.6) is 0 Å². The van der Waals surface area contributed by atoms with Crippen molar-refractivity contribution in [3.63, 3.8) is 0 Å². The Labute approximate surface area is 81.7 Å². The third-order valence-corrected chi connectivity index (χ3v) is 2.53. The Kier molecular flexibility index (Phi) is 3.99. The van der Waals surface area contributed by atoms with E-state index in [4.69, 9.17) is 11.6 Å². The second-order valence-electron chi connectivity index (χ2n) is 2.21. The van der Waals surface area contributed by atoms with Crippen LogP contribution >= 0.6 is 22.9 Å². The van der Waals surface area contributed by atoms with Crippen LogP contribution in [0.3, 0.4) is 0 Å². The second-order valence-corrected chi connectivity index (χ2v) is 3.73. The average molecular weight is 200 g/mol. The topological polar surface area (TPSA) is 12.0 Å². The van der Waals surface area contributed by atoms with Crippen molar-refractivity contribution in [2.45, 2.75) is 13.3 Å². The molecule has 0 spiro atoms. The summed E-state index contributed by atoms with van der Waals surface area (Å²) < 4.78 is 0.819. The van der Waals surface area contributed by atoms with Gasteiger partial charge in [0.1, 0.15) is 4.34 Å². The summed E-state index contributed by atoms with van der Waals surface area (Å²) >= 11 is 7.41. The summed E-state index contributed by atoms with van der Waals surface area (Å²) in [7, 11) is 0. The zero-order valence-corrected chi connectivity index (χ0v) is 8.43. The van der Waals surface area contributed by atoms with Crippen LogP contribution in [-0.4, -0.2) is 6.54 Å². The molecule has 1 aromatic heterocycles. The summed E-state index contributed by atoms with van der Waals surface area (Å²) in [6.45, 7) is 2.70. The number of nitrogens with one attached hydrogen (secondary N) is 1. The van der Waals surface area contributed by atoms with Crippen molar-refractivity contribution in [3.05, 3.63) is 15.8 Å². The lowest BCUT2D eigenvalue weighted by Crippen LogP contribution is -1.98. The van der Waals surface area contributed by atoms with Crippen molar-refractivity contribution >= 4 is 28.6 Å². The Balaban J connectivity index is 2.32. The van der Waals surface area contributed by atoms with Gasteiger partial charge in [-0.3, -0.25) is 0 Å². The van der Waals surface area contributed by atoms with Gasteiger partial charge in [0.15, 0.2) is 0 Å². The molecule has 0 aliphatic heterocycles. The summed E-state index contributed by atoms with van der Waals surface area (Å²) in [6, 6.07) is 1.98. The third-order valence-electron chi connectivity index (χ3n) is 1.36. The smallest absolute Gasteiger partial charge is 0.116 e. The number of thiophene rings is 1. The highest BCUT2D eigenvalue weighted by Crippen LogP contribution is 2.27. The van der Waals surface area contributed by atoms with Gasteiger partial charge in [-0.1, -0.05) is 11.6 Å². The molecule has 0 fully saturated rings. The highest BCUT2D eigenvalue weighted by Gasteiger charge is 1.97. The van der Waals surface area contributed by atoms with Gasteiger partial charge in [0, 0.05) is 13.0 Å². The first-order valence-electron chi connectivity index (χ1n) is 3.71. The van der Waals surface area contributed by atoms with Gasteiger partial charge in [-0.05, 0) is 18.4 Å². The van der Waals surface area contributed by atoms with Gasteiger partial charge in [0.05, 0.1) is 5.69 Å². The van der Waals surface area contributed by atoms with Crippen LogP contribution in [0.15, 0.2) is 11.4 Å². The molecule has 0 saturated heterocycles. The standard InChI is InChI=1S/C9H10ClNS/c1-2-3-4-6-11-8-5-7-12-9(8)10/h5,7,11H,4,6H2,1H3. The first-order valence-corrected chi connectivity index (χ1v) is 4.97. The molecular weight excluding hydrogens is 190 g/mol. The summed E-state index contributed by atoms with van der Waals surface area (Å²) in [5, 5.41) is 5.17. The fourth-order valence-corrected chi connectivity index (χ4v) is 1.68. The van der Waals surface area contributed by atoms with Crippen LogP contribution < -0.4 is 5.32 Å². The quantitative estimate of drug-likeness (QED) is 0.582. The van der Waals surface area contributed by atoms with Gasteiger partial charge in [0.2, 0.25) is 0 Å². The number of anilines is 1. The molecule has 64 valence electrons. The van der Waals surface area contributed by atoms with Crippen LogP contribution in [0.4, 0.5) is 5.69 Å². The zero-order valence-electron chi connectivity index (χ0n) is 6.86. The molecule has 0 aliphatic carbocycles. The van der Waals surface area contributed by atoms with Crippen LogP contribution in [-0.2, 0) is 0 Å². The maximum Gasteiger partial charge on any atom is 0.116 e. The molecular formula is C9H10ClNS. The van der Waals surface area contributed by atoms with Gasteiger partial charge in [-0.2, -0.15) is 0 Å². The summed E-state index contributed by atoms with van der Waals surface area (Å²) in [4.78, 5) is 0. The Morgan fingerprint density at radius 1 is 1.67 bits per heavy atom. The maximum absolute atomic E-state index is 5.87. The van der Waals surface area contributed by atoms with Crippen LogP contribution in [0.1, 0.15) is 13.3 Å². The first kappa shape index (κ1) is 9.44. The van der Waals surface area contributed by atoms with E-state index in [0.29, 0.717) is 0 Å². The van der Waals surface area contributed by atoms with Gasteiger partial charge in [0.25, 0.3) is 0 Å². The highest BCUT2D eigenvalue weighted by atomic mass is 35.5. The van der Waals surface area contributed by atoms with Gasteiger partial charge >= 0.3 is 0 Å². The van der Waals surface area contributed by atoms with Crippen LogP contribution in [0.2, 0.25) is 4.34 Å². The van der Waals surface area contributed by atoms with Crippen molar-refractivity contribution in [1.82, 2.24) is 0 Å². The van der Waals surface area contributed by atoms with E-state index in [0.717, 1.165) is 23.0 Å². The van der Waals surface area contributed by atoms with Gasteiger partial charge in [-0.25, -0.2) is 0 Å². The molecule has 0 saturated carbocycles. The molecule has 0 radical (unpaired) electrons. The lowest BCUT2D eigenvalue weighted by Gasteiger charge is -1.99. The van der Waals surface area contributed by atoms with E-state index < -0.39 is 0 Å². The number of rotatable bonds is 3. The van der Waals surface area contributed by atoms with E-state index in [-0.39, 0.29) is 0 Å². The van der Waals surface area contributed by atoms with Crippen molar-refractivity contribution in [2.24, 2.45) is 0 Å². The third kappa shape index (κ3) is 2.77. The van der Waals surface area contributed by atoms with Gasteiger partial charge in [-0.15, -0.1) is 23.2 Å². The molecule has 0 amide bonds. The first-order chi connectivity index (χ1) is 5.84. The van der Waals surface area contributed by atoms with Crippen molar-refractivity contribution in [1.29, 1.82) is 0 Å². The molecule has 0 aromatic carbocycles. The predicted octanol–water partition coefficient (Wildman–Crippen LogP) is 3.23. The van der Waals surface area contributed by atoms with E-state index in [1.165, 1.54) is 11.3 Å². The number of hydrogen-bond donors (Lipinski definition) is 1. The lowest BCUT2D eigenvalue weighted by atomic mass is 10.4. The van der Waals surface area contributed by atoms with Crippen molar-refractivity contribution in [3.8, 4) is 11.8 Å². The SMILES string of the molecule is CC#CCCNc1ccsc1Cl. The largest absolute Gasteiger partial charge is 0.382 e. The molecule has 1 N–H and O–H groups in total. The Morgan fingerprint density at radius 2 is 2.50 bits per heavy atom. The molecule has 1 heterocycles. The fourth-order valence-electron chi connectivity index (χ4n) is 0.804. The number of halogens is 1. The van der Waals surface area contributed by atoms with E-state index in [1.54, 1.807) is 0 Å². The minimum atomic E-state index is 0.819. The van der Waals surface area contributed by atoms with E-state index in [1.807, 2.05) is 18.4 Å². The lowest BCUT2D eigenvalue weighted by molar-refractivity contribution is 1.10. The second kappa shape index (κ2) is 5.08. The maximum atomic E-state index is 5.87. The predicted molar refractivity (Wildman–Crippen MR) is 55.9 cm³/mol. The van der Waals surface area contributed by atoms with Gasteiger partial charge < -0.3 is 5.32 Å². The Morgan fingerprint density at radius 3 is 3.08 bits per heavy atom. The molecule has 1 aromatic rings. The minimum Gasteiger partial charge on any atom is -0.382 e. The van der Waals surface area contributed by atoms with Crippen molar-refractivity contribution < 1.29 is 0 Å². The van der Waals surface area contributed by atoms with E-state index >= 15 is 0 Å². The van der Waals surface area contributed by atoms with Crippen molar-refractivity contribution in [2.75, 3.05) is 11.9 Å². The molecule has 0 bridgehead atoms. The Bertz CT molecular complexity index is 295. The number of hydrogen-bond acceptors (Lipinski definition) is 2. The molecule has 0 unspecified atom stereocenters. The normalized spacial score (nSPS) is 8.83. The molecule has 0 aliphatic rings. The zero-order chi connectivity index (χ0) is 8.81.